The number of anilines is 1. The fourth-order valence-corrected chi connectivity index (χ4v) is 6.12. The lowest BCUT2D eigenvalue weighted by Gasteiger charge is -2.40. The van der Waals surface area contributed by atoms with Crippen molar-refractivity contribution in [1.29, 1.82) is 0 Å². The Hall–Kier alpha value is -2.55. The SMILES string of the molecule is CSc1ccccc1[C@H]1CCCN1C(=O)CCC(=O)NCc1ccc2c(c1)C1C[C@@H](N2)[C@H](O)CO1. The third-order valence-electron chi connectivity index (χ3n) is 7.33. The molecule has 2 aromatic carbocycles. The summed E-state index contributed by atoms with van der Waals surface area (Å²) in [6.45, 7) is 1.49. The lowest BCUT2D eigenvalue weighted by molar-refractivity contribution is -0.134. The Morgan fingerprint density at radius 1 is 1.20 bits per heavy atom. The molecule has 0 aromatic heterocycles. The van der Waals surface area contributed by atoms with E-state index in [-0.39, 0.29) is 42.8 Å². The van der Waals surface area contributed by atoms with Crippen molar-refractivity contribution in [2.24, 2.45) is 0 Å². The number of nitrogens with zero attached hydrogens (tertiary/aromatic N) is 1. The van der Waals surface area contributed by atoms with Crippen LogP contribution in [0.2, 0.25) is 0 Å². The highest BCUT2D eigenvalue weighted by molar-refractivity contribution is 7.98. The molecule has 2 aromatic rings. The van der Waals surface area contributed by atoms with E-state index in [1.807, 2.05) is 29.2 Å². The van der Waals surface area contributed by atoms with E-state index in [1.165, 1.54) is 10.5 Å². The van der Waals surface area contributed by atoms with E-state index in [9.17, 15) is 14.7 Å². The van der Waals surface area contributed by atoms with Crippen molar-refractivity contribution < 1.29 is 19.4 Å². The van der Waals surface area contributed by atoms with Crippen LogP contribution in [0, 0.1) is 0 Å². The van der Waals surface area contributed by atoms with Gasteiger partial charge in [-0.1, -0.05) is 24.3 Å². The molecule has 0 saturated carbocycles. The number of amides is 2. The van der Waals surface area contributed by atoms with Crippen LogP contribution in [-0.2, 0) is 20.9 Å². The van der Waals surface area contributed by atoms with E-state index in [2.05, 4.69) is 35.1 Å². The molecule has 3 aliphatic rings. The Morgan fingerprint density at radius 2 is 2.06 bits per heavy atom. The number of aliphatic hydroxyl groups excluding tert-OH is 1. The van der Waals surface area contributed by atoms with E-state index >= 15 is 0 Å². The number of likely N-dealkylation sites (tertiary alicyclic amines) is 1. The summed E-state index contributed by atoms with van der Waals surface area (Å²) in [5.74, 6) is -0.0730. The predicted molar refractivity (Wildman–Crippen MR) is 136 cm³/mol. The Kier molecular flexibility index (Phi) is 7.32. The van der Waals surface area contributed by atoms with Gasteiger partial charge in [-0.05, 0) is 48.4 Å². The first kappa shape index (κ1) is 24.2. The molecule has 4 atom stereocenters. The second-order valence-electron chi connectivity index (χ2n) is 9.56. The van der Waals surface area contributed by atoms with Crippen LogP contribution in [0.15, 0.2) is 47.4 Å². The second kappa shape index (κ2) is 10.6. The number of thioether (sulfide) groups is 1. The molecule has 2 amide bonds. The Bertz CT molecular complexity index is 1090. The van der Waals surface area contributed by atoms with Crippen molar-refractivity contribution in [1.82, 2.24) is 10.2 Å². The van der Waals surface area contributed by atoms with Crippen LogP contribution >= 0.6 is 11.8 Å². The van der Waals surface area contributed by atoms with Gasteiger partial charge in [0, 0.05) is 48.5 Å². The topological polar surface area (TPSA) is 90.9 Å². The van der Waals surface area contributed by atoms with Gasteiger partial charge in [-0.3, -0.25) is 9.59 Å². The monoisotopic (exact) mass is 495 g/mol. The van der Waals surface area contributed by atoms with Gasteiger partial charge in [-0.15, -0.1) is 11.8 Å². The minimum absolute atomic E-state index is 0.0220. The highest BCUT2D eigenvalue weighted by Gasteiger charge is 2.36. The molecule has 0 radical (unpaired) electrons. The average molecular weight is 496 g/mol. The van der Waals surface area contributed by atoms with Crippen molar-refractivity contribution in [3.63, 3.8) is 0 Å². The molecule has 0 aliphatic carbocycles. The van der Waals surface area contributed by atoms with Gasteiger partial charge in [0.15, 0.2) is 0 Å². The number of hydrogen-bond donors (Lipinski definition) is 3. The minimum atomic E-state index is -0.489. The standard InChI is InChI=1S/C27H33N3O4S/c1-35-25-7-3-2-5-18(25)22-6-4-12-30(22)27(33)11-10-26(32)28-15-17-8-9-20-19(13-17)24-14-21(29-20)23(31)16-34-24/h2-3,5,7-9,13,21-24,29,31H,4,6,10-12,14-16H2,1H3,(H,28,32)/t21-,22-,23-,24?/m1/s1. The number of carbonyl (C=O) groups excluding carboxylic acids is 2. The maximum atomic E-state index is 13.0. The quantitative estimate of drug-likeness (QED) is 0.507. The smallest absolute Gasteiger partial charge is 0.223 e. The van der Waals surface area contributed by atoms with Gasteiger partial charge < -0.3 is 25.4 Å². The molecule has 2 fully saturated rings. The number of carbonyl (C=O) groups is 2. The molecule has 3 heterocycles. The van der Waals surface area contributed by atoms with Crippen LogP contribution in [0.3, 0.4) is 0 Å². The summed E-state index contributed by atoms with van der Waals surface area (Å²) in [5, 5.41) is 16.4. The van der Waals surface area contributed by atoms with Crippen LogP contribution < -0.4 is 10.6 Å². The molecule has 5 rings (SSSR count). The molecule has 1 unspecified atom stereocenters. The summed E-state index contributed by atoms with van der Waals surface area (Å²) in [4.78, 5) is 28.7. The average Bonchev–Trinajstić information content (AvgIpc) is 3.38. The minimum Gasteiger partial charge on any atom is -0.389 e. The van der Waals surface area contributed by atoms with Crippen LogP contribution in [0.1, 0.15) is 60.9 Å². The summed E-state index contributed by atoms with van der Waals surface area (Å²) < 4.78 is 5.82. The maximum absolute atomic E-state index is 13.0. The molecule has 2 saturated heterocycles. The number of nitrogens with one attached hydrogen (secondary N) is 2. The predicted octanol–water partition coefficient (Wildman–Crippen LogP) is 3.79. The first-order chi connectivity index (χ1) is 17.0. The van der Waals surface area contributed by atoms with Gasteiger partial charge in [0.25, 0.3) is 0 Å². The molecule has 186 valence electrons. The van der Waals surface area contributed by atoms with Gasteiger partial charge in [0.2, 0.25) is 11.8 Å². The molecule has 35 heavy (non-hydrogen) atoms. The Balaban J connectivity index is 1.14. The van der Waals surface area contributed by atoms with Gasteiger partial charge in [-0.25, -0.2) is 0 Å². The summed E-state index contributed by atoms with van der Waals surface area (Å²) in [5.41, 5.74) is 4.25. The summed E-state index contributed by atoms with van der Waals surface area (Å²) in [6.07, 6.45) is 4.64. The molecule has 3 aliphatic heterocycles. The van der Waals surface area contributed by atoms with Crippen LogP contribution in [0.5, 0.6) is 0 Å². The molecular weight excluding hydrogens is 462 g/mol. The zero-order valence-electron chi connectivity index (χ0n) is 20.0. The lowest BCUT2D eigenvalue weighted by atomic mass is 9.89. The van der Waals surface area contributed by atoms with Gasteiger partial charge in [0.1, 0.15) is 0 Å². The molecule has 7 nitrogen and oxygen atoms in total. The number of ether oxygens (including phenoxy) is 1. The van der Waals surface area contributed by atoms with Crippen LogP contribution in [0.4, 0.5) is 5.69 Å². The molecular formula is C27H33N3O4S. The molecule has 8 heteroatoms. The lowest BCUT2D eigenvalue weighted by Crippen LogP contribution is -2.46. The van der Waals surface area contributed by atoms with Gasteiger partial charge >= 0.3 is 0 Å². The molecule has 0 spiro atoms. The van der Waals surface area contributed by atoms with Crippen LogP contribution in [-0.4, -0.2) is 53.4 Å². The van der Waals surface area contributed by atoms with Crippen molar-refractivity contribution in [3.8, 4) is 0 Å². The normalized spacial score (nSPS) is 25.0. The van der Waals surface area contributed by atoms with Crippen molar-refractivity contribution >= 4 is 29.3 Å². The Morgan fingerprint density at radius 3 is 2.91 bits per heavy atom. The van der Waals surface area contributed by atoms with E-state index in [1.54, 1.807) is 11.8 Å². The van der Waals surface area contributed by atoms with Crippen LogP contribution in [0.25, 0.3) is 0 Å². The first-order valence-corrected chi connectivity index (χ1v) is 13.6. The van der Waals surface area contributed by atoms with E-state index < -0.39 is 6.10 Å². The zero-order valence-corrected chi connectivity index (χ0v) is 20.9. The summed E-state index contributed by atoms with van der Waals surface area (Å²) in [6, 6.07) is 14.4. The van der Waals surface area contributed by atoms with E-state index in [4.69, 9.17) is 4.74 Å². The van der Waals surface area contributed by atoms with Gasteiger partial charge in [0.05, 0.1) is 30.9 Å². The fraction of sp³-hybridized carbons (Fsp3) is 0.481. The Labute approximate surface area is 210 Å². The summed E-state index contributed by atoms with van der Waals surface area (Å²) >= 11 is 1.71. The highest BCUT2D eigenvalue weighted by Crippen LogP contribution is 2.40. The summed E-state index contributed by atoms with van der Waals surface area (Å²) in [7, 11) is 0. The highest BCUT2D eigenvalue weighted by atomic mass is 32.2. The number of benzene rings is 2. The van der Waals surface area contributed by atoms with E-state index in [0.717, 1.165) is 42.6 Å². The fourth-order valence-electron chi connectivity index (χ4n) is 5.46. The molecule has 3 N–H and O–H groups in total. The third-order valence-corrected chi connectivity index (χ3v) is 8.14. The maximum Gasteiger partial charge on any atom is 0.223 e. The number of fused-ring (bicyclic) bond motifs is 4. The third kappa shape index (κ3) is 5.20. The van der Waals surface area contributed by atoms with E-state index in [0.29, 0.717) is 13.2 Å². The molecule has 2 bridgehead atoms. The first-order valence-electron chi connectivity index (χ1n) is 12.4. The number of rotatable bonds is 7. The largest absolute Gasteiger partial charge is 0.389 e. The number of aliphatic hydroxyl groups is 1. The zero-order chi connectivity index (χ0) is 24.4. The van der Waals surface area contributed by atoms with Crippen molar-refractivity contribution in [2.75, 3.05) is 24.7 Å². The van der Waals surface area contributed by atoms with Crippen molar-refractivity contribution in [2.45, 2.75) is 67.8 Å². The van der Waals surface area contributed by atoms with Gasteiger partial charge in [-0.2, -0.15) is 0 Å². The second-order valence-corrected chi connectivity index (χ2v) is 10.4. The van der Waals surface area contributed by atoms with Crippen molar-refractivity contribution in [3.05, 3.63) is 59.2 Å². The number of hydrogen-bond acceptors (Lipinski definition) is 6.